The topological polar surface area (TPSA) is 99.1 Å². The minimum atomic E-state index is -1.26. The van der Waals surface area contributed by atoms with Gasteiger partial charge in [0.25, 0.3) is 0 Å². The number of carbonyl (C=O) groups excluding carboxylic acids is 2. The summed E-state index contributed by atoms with van der Waals surface area (Å²) in [6.45, 7) is 4.79. The fourth-order valence-electron chi connectivity index (χ4n) is 2.68. The van der Waals surface area contributed by atoms with Gasteiger partial charge in [0.1, 0.15) is 12.2 Å². The lowest BCUT2D eigenvalue weighted by atomic mass is 10.1. The van der Waals surface area contributed by atoms with E-state index in [0.717, 1.165) is 6.16 Å². The van der Waals surface area contributed by atoms with Gasteiger partial charge in [0.2, 0.25) is 5.91 Å². The standard InChI is InChI=1S/C14H25N2O5P/c1-8-7-16(14(20)15-12(8)19)13-11(18)10(17)9(21-13)5-6-22(2,3)4/h8-11,13,17-18H,2,5-7H2,1,3-4H3,(H,15,19,20)/t8?,9-,10-,11-,13-/m1/s1. The van der Waals surface area contributed by atoms with Gasteiger partial charge in [-0.15, -0.1) is 13.2 Å². The second kappa shape index (κ2) is 6.32. The molecule has 2 rings (SSSR count). The normalized spacial score (nSPS) is 36.6. The monoisotopic (exact) mass is 332 g/mol. The van der Waals surface area contributed by atoms with Gasteiger partial charge in [-0.1, -0.05) is 6.92 Å². The van der Waals surface area contributed by atoms with Crippen molar-refractivity contribution in [2.75, 3.05) is 26.0 Å². The minimum Gasteiger partial charge on any atom is -0.388 e. The lowest BCUT2D eigenvalue weighted by Gasteiger charge is -2.35. The van der Waals surface area contributed by atoms with Crippen molar-refractivity contribution in [1.29, 1.82) is 0 Å². The third-order valence-electron chi connectivity index (χ3n) is 4.07. The van der Waals surface area contributed by atoms with Crippen LogP contribution in [0.25, 0.3) is 0 Å². The molecule has 0 bridgehead atoms. The summed E-state index contributed by atoms with van der Waals surface area (Å²) in [5.41, 5.74) is 0. The zero-order valence-corrected chi connectivity index (χ0v) is 14.1. The van der Waals surface area contributed by atoms with E-state index in [2.05, 4.69) is 24.9 Å². The molecule has 2 heterocycles. The van der Waals surface area contributed by atoms with Crippen LogP contribution in [-0.4, -0.2) is 83.9 Å². The van der Waals surface area contributed by atoms with Crippen molar-refractivity contribution >= 4 is 25.1 Å². The van der Waals surface area contributed by atoms with Gasteiger partial charge in [0.15, 0.2) is 6.23 Å². The minimum absolute atomic E-state index is 0.166. The van der Waals surface area contributed by atoms with E-state index in [-0.39, 0.29) is 18.4 Å². The molecule has 2 fully saturated rings. The van der Waals surface area contributed by atoms with Crippen molar-refractivity contribution in [3.63, 3.8) is 0 Å². The molecule has 0 aromatic carbocycles. The number of ether oxygens (including phenoxy) is 1. The molecular formula is C14H25N2O5P. The number of urea groups is 1. The first-order valence-corrected chi connectivity index (χ1v) is 10.5. The average Bonchev–Trinajstić information content (AvgIpc) is 2.68. The molecule has 22 heavy (non-hydrogen) atoms. The first kappa shape index (κ1) is 17.5. The van der Waals surface area contributed by atoms with E-state index in [1.165, 1.54) is 4.90 Å². The summed E-state index contributed by atoms with van der Waals surface area (Å²) in [6, 6.07) is -0.593. The summed E-state index contributed by atoms with van der Waals surface area (Å²) in [5.74, 6) is -0.719. The van der Waals surface area contributed by atoms with Crippen LogP contribution in [0.3, 0.4) is 0 Å². The number of nitrogens with zero attached hydrogens (tertiary/aromatic N) is 1. The highest BCUT2D eigenvalue weighted by Crippen LogP contribution is 2.38. The Morgan fingerprint density at radius 1 is 1.36 bits per heavy atom. The molecular weight excluding hydrogens is 307 g/mol. The zero-order chi connectivity index (χ0) is 16.7. The fourth-order valence-corrected chi connectivity index (χ4v) is 3.64. The van der Waals surface area contributed by atoms with Crippen LogP contribution in [0.4, 0.5) is 4.79 Å². The Morgan fingerprint density at radius 2 is 2.00 bits per heavy atom. The molecule has 1 unspecified atom stereocenters. The molecule has 2 saturated heterocycles. The molecule has 0 saturated carbocycles. The SMILES string of the molecule is C=P(C)(C)CC[C@H]1O[C@@H](N2CC(C)C(=O)NC2=O)[C@H](O)[C@@H]1O. The number of rotatable bonds is 4. The second-order valence-electron chi connectivity index (χ2n) is 6.84. The van der Waals surface area contributed by atoms with E-state index in [1.54, 1.807) is 6.92 Å². The molecule has 0 aromatic heterocycles. The van der Waals surface area contributed by atoms with Gasteiger partial charge in [-0.2, -0.15) is 0 Å². The maximum absolute atomic E-state index is 11.9. The highest BCUT2D eigenvalue weighted by molar-refractivity contribution is 7.72. The third-order valence-corrected chi connectivity index (χ3v) is 5.54. The molecule has 7 nitrogen and oxygen atoms in total. The first-order chi connectivity index (χ1) is 10.1. The molecule has 3 N–H and O–H groups in total. The van der Waals surface area contributed by atoms with Gasteiger partial charge in [-0.25, -0.2) is 4.79 Å². The predicted molar refractivity (Wildman–Crippen MR) is 85.5 cm³/mol. The maximum Gasteiger partial charge on any atom is 0.326 e. The molecule has 2 aliphatic heterocycles. The van der Waals surface area contributed by atoms with E-state index in [1.807, 2.05) is 0 Å². The number of carbonyl (C=O) groups is 2. The van der Waals surface area contributed by atoms with Gasteiger partial charge >= 0.3 is 6.03 Å². The van der Waals surface area contributed by atoms with Gasteiger partial charge in [0.05, 0.1) is 12.0 Å². The molecule has 126 valence electrons. The summed E-state index contributed by atoms with van der Waals surface area (Å²) in [7, 11) is 0. The Hall–Kier alpha value is -0.880. The highest BCUT2D eigenvalue weighted by Gasteiger charge is 2.48. The summed E-state index contributed by atoms with van der Waals surface area (Å²) >= 11 is 0. The van der Waals surface area contributed by atoms with Crippen molar-refractivity contribution in [1.82, 2.24) is 10.2 Å². The molecule has 5 atom stereocenters. The van der Waals surface area contributed by atoms with Gasteiger partial charge in [-0.3, -0.25) is 15.0 Å². The molecule has 0 spiro atoms. The van der Waals surface area contributed by atoms with E-state index in [4.69, 9.17) is 4.74 Å². The number of aliphatic hydroxyl groups excluding tert-OH is 2. The van der Waals surface area contributed by atoms with Gasteiger partial charge < -0.3 is 14.9 Å². The summed E-state index contributed by atoms with van der Waals surface area (Å²) in [6.07, 6.45) is 1.85. The van der Waals surface area contributed by atoms with Crippen molar-refractivity contribution in [2.45, 2.75) is 37.9 Å². The average molecular weight is 332 g/mol. The Bertz CT molecular complexity index is 505. The van der Waals surface area contributed by atoms with Crippen LogP contribution in [-0.2, 0) is 9.53 Å². The van der Waals surface area contributed by atoms with Crippen LogP contribution in [0.2, 0.25) is 0 Å². The van der Waals surface area contributed by atoms with Crippen molar-refractivity contribution in [2.24, 2.45) is 5.92 Å². The lowest BCUT2D eigenvalue weighted by Crippen LogP contribution is -2.59. The summed E-state index contributed by atoms with van der Waals surface area (Å²) in [5, 5.41) is 22.6. The second-order valence-corrected chi connectivity index (χ2v) is 11.2. The molecule has 0 aliphatic carbocycles. The largest absolute Gasteiger partial charge is 0.388 e. The fraction of sp³-hybridized carbons (Fsp3) is 0.786. The van der Waals surface area contributed by atoms with Crippen LogP contribution >= 0.6 is 6.89 Å². The Labute approximate surface area is 130 Å². The third kappa shape index (κ3) is 3.71. The van der Waals surface area contributed by atoms with Crippen LogP contribution in [0.15, 0.2) is 0 Å². The van der Waals surface area contributed by atoms with Crippen LogP contribution in [0, 0.1) is 5.92 Å². The number of hydrogen-bond acceptors (Lipinski definition) is 5. The van der Waals surface area contributed by atoms with Crippen molar-refractivity contribution in [3.8, 4) is 0 Å². The van der Waals surface area contributed by atoms with Crippen LogP contribution in [0.1, 0.15) is 13.3 Å². The quantitative estimate of drug-likeness (QED) is 0.615. The zero-order valence-electron chi connectivity index (χ0n) is 13.2. The van der Waals surface area contributed by atoms with E-state index >= 15 is 0 Å². The smallest absolute Gasteiger partial charge is 0.326 e. The Balaban J connectivity index is 2.04. The van der Waals surface area contributed by atoms with Gasteiger partial charge in [0, 0.05) is 6.54 Å². The van der Waals surface area contributed by atoms with Gasteiger partial charge in [-0.05, 0) is 25.9 Å². The number of amides is 3. The van der Waals surface area contributed by atoms with Crippen molar-refractivity contribution < 1.29 is 24.5 Å². The van der Waals surface area contributed by atoms with E-state index < -0.39 is 37.5 Å². The molecule has 8 heteroatoms. The van der Waals surface area contributed by atoms with Crippen LogP contribution in [0.5, 0.6) is 0 Å². The highest BCUT2D eigenvalue weighted by atomic mass is 31.2. The summed E-state index contributed by atoms with van der Waals surface area (Å²) < 4.78 is 5.72. The first-order valence-electron chi connectivity index (χ1n) is 7.40. The molecule has 0 radical (unpaired) electrons. The Kier molecular flexibility index (Phi) is 5.02. The number of nitrogens with one attached hydrogen (secondary N) is 1. The molecule has 0 aromatic rings. The Morgan fingerprint density at radius 3 is 2.59 bits per heavy atom. The van der Waals surface area contributed by atoms with Crippen molar-refractivity contribution in [3.05, 3.63) is 0 Å². The number of hydrogen-bond donors (Lipinski definition) is 3. The number of imide groups is 1. The van der Waals surface area contributed by atoms with E-state index in [9.17, 15) is 19.8 Å². The lowest BCUT2D eigenvalue weighted by molar-refractivity contribution is -0.130. The summed E-state index contributed by atoms with van der Waals surface area (Å²) in [4.78, 5) is 24.7. The number of aliphatic hydroxyl groups is 2. The maximum atomic E-state index is 11.9. The predicted octanol–water partition coefficient (Wildman–Crippen LogP) is -0.280. The molecule has 3 amide bonds. The van der Waals surface area contributed by atoms with Crippen LogP contribution < -0.4 is 5.32 Å². The van der Waals surface area contributed by atoms with E-state index in [0.29, 0.717) is 6.42 Å². The molecule has 2 aliphatic rings.